The Balaban J connectivity index is 2.97. The first-order chi connectivity index (χ1) is 7.50. The van der Waals surface area contributed by atoms with Crippen molar-refractivity contribution in [1.82, 2.24) is 14.5 Å². The summed E-state index contributed by atoms with van der Waals surface area (Å²) in [6.07, 6.45) is 1.40. The molecule has 0 bridgehead atoms. The number of nitrogens with two attached hydrogens (primary N) is 1. The number of rotatable bonds is 1. The molecule has 2 rings (SSSR count). The van der Waals surface area contributed by atoms with Crippen LogP contribution < -0.4 is 17.0 Å². The van der Waals surface area contributed by atoms with E-state index in [0.29, 0.717) is 11.1 Å². The van der Waals surface area contributed by atoms with Gasteiger partial charge in [-0.2, -0.15) is 0 Å². The van der Waals surface area contributed by atoms with Crippen molar-refractivity contribution in [3.05, 3.63) is 33.1 Å². The average molecular weight is 220 g/mol. The van der Waals surface area contributed by atoms with E-state index < -0.39 is 5.69 Å². The fourth-order valence-corrected chi connectivity index (χ4v) is 1.60. The molecule has 0 aliphatic heterocycles. The normalized spacial score (nSPS) is 11.2. The Morgan fingerprint density at radius 1 is 1.44 bits per heavy atom. The zero-order valence-electron chi connectivity index (χ0n) is 9.02. The standard InChI is InChI=1S/C10H12N4O2/c1-5(2)14-9(15)7-3-6(11)4-12-8(7)13-10(14)16/h3-5H,11H2,1-2H3,(H,12,13,16). The first kappa shape index (κ1) is 10.4. The average Bonchev–Trinajstić information content (AvgIpc) is 2.19. The van der Waals surface area contributed by atoms with Gasteiger partial charge in [-0.25, -0.2) is 9.78 Å². The summed E-state index contributed by atoms with van der Waals surface area (Å²) in [4.78, 5) is 30.1. The van der Waals surface area contributed by atoms with Crippen molar-refractivity contribution in [3.8, 4) is 0 Å². The van der Waals surface area contributed by atoms with E-state index in [9.17, 15) is 9.59 Å². The summed E-state index contributed by atoms with van der Waals surface area (Å²) in [6.45, 7) is 3.53. The van der Waals surface area contributed by atoms with E-state index in [-0.39, 0.29) is 17.2 Å². The third-order valence-corrected chi connectivity index (χ3v) is 2.32. The lowest BCUT2D eigenvalue weighted by atomic mass is 10.3. The Bertz CT molecular complexity index is 654. The minimum absolute atomic E-state index is 0.206. The number of hydrogen-bond acceptors (Lipinski definition) is 4. The van der Waals surface area contributed by atoms with E-state index in [0.717, 1.165) is 4.57 Å². The van der Waals surface area contributed by atoms with Crippen LogP contribution in [0.3, 0.4) is 0 Å². The van der Waals surface area contributed by atoms with Gasteiger partial charge in [0.1, 0.15) is 5.65 Å². The second-order valence-electron chi connectivity index (χ2n) is 3.86. The largest absolute Gasteiger partial charge is 0.397 e. The number of nitrogen functional groups attached to an aromatic ring is 1. The van der Waals surface area contributed by atoms with Crippen LogP contribution in [0, 0.1) is 0 Å². The molecule has 0 unspecified atom stereocenters. The molecule has 0 aliphatic rings. The number of pyridine rings is 1. The maximum absolute atomic E-state index is 12.0. The van der Waals surface area contributed by atoms with Crippen molar-refractivity contribution in [3.63, 3.8) is 0 Å². The van der Waals surface area contributed by atoms with Crippen LogP contribution in [-0.4, -0.2) is 14.5 Å². The lowest BCUT2D eigenvalue weighted by molar-refractivity contribution is 0.551. The quantitative estimate of drug-likeness (QED) is 0.720. The molecule has 0 aromatic carbocycles. The van der Waals surface area contributed by atoms with E-state index in [1.54, 1.807) is 13.8 Å². The number of fused-ring (bicyclic) bond motifs is 1. The monoisotopic (exact) mass is 220 g/mol. The Morgan fingerprint density at radius 3 is 2.75 bits per heavy atom. The van der Waals surface area contributed by atoms with Gasteiger partial charge in [0, 0.05) is 6.04 Å². The molecular weight excluding hydrogens is 208 g/mol. The van der Waals surface area contributed by atoms with E-state index in [4.69, 9.17) is 5.73 Å². The zero-order chi connectivity index (χ0) is 11.9. The fourth-order valence-electron chi connectivity index (χ4n) is 1.60. The van der Waals surface area contributed by atoms with Gasteiger partial charge in [0.15, 0.2) is 0 Å². The highest BCUT2D eigenvalue weighted by molar-refractivity contribution is 5.76. The Hall–Kier alpha value is -2.11. The second kappa shape index (κ2) is 3.48. The lowest BCUT2D eigenvalue weighted by Gasteiger charge is -2.08. The predicted octanol–water partition coefficient (Wildman–Crippen LogP) is 0.248. The van der Waals surface area contributed by atoms with Gasteiger partial charge in [-0.3, -0.25) is 14.3 Å². The highest BCUT2D eigenvalue weighted by atomic mass is 16.2. The van der Waals surface area contributed by atoms with Crippen LogP contribution in [0.4, 0.5) is 5.69 Å². The molecule has 0 atom stereocenters. The van der Waals surface area contributed by atoms with Crippen molar-refractivity contribution in [2.45, 2.75) is 19.9 Å². The summed E-state index contributed by atoms with van der Waals surface area (Å²) in [5, 5.41) is 0.327. The summed E-state index contributed by atoms with van der Waals surface area (Å²) in [6, 6.07) is 1.31. The summed E-state index contributed by atoms with van der Waals surface area (Å²) in [5.41, 5.74) is 5.39. The molecule has 0 radical (unpaired) electrons. The molecule has 84 valence electrons. The second-order valence-corrected chi connectivity index (χ2v) is 3.86. The molecule has 2 aromatic heterocycles. The minimum Gasteiger partial charge on any atom is -0.397 e. The van der Waals surface area contributed by atoms with Crippen LogP contribution in [0.5, 0.6) is 0 Å². The molecular formula is C10H12N4O2. The van der Waals surface area contributed by atoms with E-state index in [1.165, 1.54) is 12.3 Å². The minimum atomic E-state index is -0.454. The van der Waals surface area contributed by atoms with Gasteiger partial charge in [0.25, 0.3) is 5.56 Å². The molecule has 3 N–H and O–H groups in total. The summed E-state index contributed by atoms with van der Waals surface area (Å²) in [7, 11) is 0. The van der Waals surface area contributed by atoms with E-state index in [2.05, 4.69) is 9.97 Å². The maximum atomic E-state index is 12.0. The molecule has 2 heterocycles. The lowest BCUT2D eigenvalue weighted by Crippen LogP contribution is -2.36. The number of aromatic amines is 1. The van der Waals surface area contributed by atoms with Crippen LogP contribution in [0.25, 0.3) is 11.0 Å². The Kier molecular flexibility index (Phi) is 2.26. The third kappa shape index (κ3) is 1.48. The molecule has 0 saturated carbocycles. The van der Waals surface area contributed by atoms with Crippen molar-refractivity contribution < 1.29 is 0 Å². The van der Waals surface area contributed by atoms with Gasteiger partial charge in [0.05, 0.1) is 17.3 Å². The number of nitrogens with zero attached hydrogens (tertiary/aromatic N) is 2. The Labute approximate surface area is 90.7 Å². The molecule has 0 aliphatic carbocycles. The highest BCUT2D eigenvalue weighted by Crippen LogP contribution is 2.07. The van der Waals surface area contributed by atoms with Crippen LogP contribution in [0.2, 0.25) is 0 Å². The van der Waals surface area contributed by atoms with Crippen molar-refractivity contribution in [2.24, 2.45) is 0 Å². The first-order valence-electron chi connectivity index (χ1n) is 4.90. The van der Waals surface area contributed by atoms with Gasteiger partial charge < -0.3 is 5.73 Å². The number of hydrogen-bond donors (Lipinski definition) is 2. The maximum Gasteiger partial charge on any atom is 0.330 e. The number of anilines is 1. The number of H-pyrrole nitrogens is 1. The van der Waals surface area contributed by atoms with Crippen LogP contribution in [0.1, 0.15) is 19.9 Å². The molecule has 0 amide bonds. The SMILES string of the molecule is CC(C)n1c(=O)[nH]c2ncc(N)cc2c1=O. The van der Waals surface area contributed by atoms with Gasteiger partial charge in [-0.05, 0) is 19.9 Å². The molecule has 6 heteroatoms. The molecule has 6 nitrogen and oxygen atoms in total. The zero-order valence-corrected chi connectivity index (χ0v) is 9.02. The van der Waals surface area contributed by atoms with Gasteiger partial charge in [-0.1, -0.05) is 0 Å². The summed E-state index contributed by atoms with van der Waals surface area (Å²) < 4.78 is 1.14. The summed E-state index contributed by atoms with van der Waals surface area (Å²) in [5.74, 6) is 0. The van der Waals surface area contributed by atoms with Gasteiger partial charge in [0.2, 0.25) is 0 Å². The third-order valence-electron chi connectivity index (χ3n) is 2.32. The van der Waals surface area contributed by atoms with Crippen LogP contribution in [0.15, 0.2) is 21.9 Å². The molecule has 2 aromatic rings. The van der Waals surface area contributed by atoms with Crippen molar-refractivity contribution in [2.75, 3.05) is 5.73 Å². The molecule has 0 saturated heterocycles. The van der Waals surface area contributed by atoms with Crippen molar-refractivity contribution >= 4 is 16.7 Å². The number of aromatic nitrogens is 3. The van der Waals surface area contributed by atoms with Crippen LogP contribution >= 0.6 is 0 Å². The predicted molar refractivity (Wildman–Crippen MR) is 61.4 cm³/mol. The topological polar surface area (TPSA) is 93.8 Å². The van der Waals surface area contributed by atoms with E-state index in [1.807, 2.05) is 0 Å². The first-order valence-corrected chi connectivity index (χ1v) is 4.90. The van der Waals surface area contributed by atoms with Gasteiger partial charge >= 0.3 is 5.69 Å². The molecule has 16 heavy (non-hydrogen) atoms. The van der Waals surface area contributed by atoms with E-state index >= 15 is 0 Å². The number of nitrogens with one attached hydrogen (secondary N) is 1. The molecule has 0 fully saturated rings. The van der Waals surface area contributed by atoms with Gasteiger partial charge in [-0.15, -0.1) is 0 Å². The van der Waals surface area contributed by atoms with Crippen LogP contribution in [-0.2, 0) is 0 Å². The van der Waals surface area contributed by atoms with Crippen molar-refractivity contribution in [1.29, 1.82) is 0 Å². The smallest absolute Gasteiger partial charge is 0.330 e. The molecule has 0 spiro atoms. The summed E-state index contributed by atoms with van der Waals surface area (Å²) >= 11 is 0. The Morgan fingerprint density at radius 2 is 2.12 bits per heavy atom. The highest BCUT2D eigenvalue weighted by Gasteiger charge is 2.10. The fraction of sp³-hybridized carbons (Fsp3) is 0.300.